The van der Waals surface area contributed by atoms with Gasteiger partial charge in [-0.15, -0.1) is 11.3 Å². The number of nitrogens with zero attached hydrogens (tertiary/aromatic N) is 1. The second-order valence-electron chi connectivity index (χ2n) is 5.72. The number of para-hydroxylation sites is 1. The number of hydrogen-bond acceptors (Lipinski definition) is 7. The smallest absolute Gasteiger partial charge is 0.262 e. The van der Waals surface area contributed by atoms with Crippen molar-refractivity contribution in [3.8, 4) is 11.5 Å². The van der Waals surface area contributed by atoms with Crippen LogP contribution in [0.25, 0.3) is 16.3 Å². The Morgan fingerprint density at radius 2 is 2.00 bits per heavy atom. The maximum absolute atomic E-state index is 11.9. The topological polar surface area (TPSA) is 89.5 Å². The number of hydrogen-bond donors (Lipinski definition) is 2. The summed E-state index contributed by atoms with van der Waals surface area (Å²) in [7, 11) is 0. The number of amides is 2. The van der Waals surface area contributed by atoms with Crippen molar-refractivity contribution in [1.82, 2.24) is 15.8 Å². The normalized spacial score (nSPS) is 12.4. The molecule has 0 aliphatic carbocycles. The molecule has 1 aromatic heterocycles. The quantitative estimate of drug-likeness (QED) is 0.380. The van der Waals surface area contributed by atoms with E-state index < -0.39 is 5.91 Å². The van der Waals surface area contributed by atoms with Gasteiger partial charge in [0, 0.05) is 6.08 Å². The lowest BCUT2D eigenvalue weighted by Gasteiger charge is -2.04. The zero-order valence-corrected chi connectivity index (χ0v) is 16.1. The highest BCUT2D eigenvalue weighted by Gasteiger charge is 2.12. The Bertz CT molecular complexity index is 1030. The number of benzene rings is 2. The van der Waals surface area contributed by atoms with E-state index in [0.717, 1.165) is 20.1 Å². The lowest BCUT2D eigenvalue weighted by atomic mass is 10.2. The maximum Gasteiger partial charge on any atom is 0.262 e. The highest BCUT2D eigenvalue weighted by Crippen LogP contribution is 2.32. The summed E-state index contributed by atoms with van der Waals surface area (Å²) < 4.78 is 12.4. The maximum atomic E-state index is 11.9. The molecule has 0 spiro atoms. The van der Waals surface area contributed by atoms with Gasteiger partial charge in [0.2, 0.25) is 12.7 Å². The van der Waals surface area contributed by atoms with E-state index in [1.54, 1.807) is 18.2 Å². The van der Waals surface area contributed by atoms with Crippen molar-refractivity contribution in [3.05, 3.63) is 54.1 Å². The van der Waals surface area contributed by atoms with Crippen LogP contribution in [0.2, 0.25) is 0 Å². The molecule has 2 amide bonds. The minimum atomic E-state index is -0.434. The predicted octanol–water partition coefficient (Wildman–Crippen LogP) is 2.98. The average molecular weight is 413 g/mol. The molecule has 142 valence electrons. The summed E-state index contributed by atoms with van der Waals surface area (Å²) in [6, 6.07) is 13.2. The predicted molar refractivity (Wildman–Crippen MR) is 108 cm³/mol. The molecule has 1 aliphatic heterocycles. The van der Waals surface area contributed by atoms with E-state index in [0.29, 0.717) is 11.5 Å². The zero-order valence-electron chi connectivity index (χ0n) is 14.5. The largest absolute Gasteiger partial charge is 0.454 e. The van der Waals surface area contributed by atoms with E-state index in [4.69, 9.17) is 9.47 Å². The molecule has 28 heavy (non-hydrogen) atoms. The van der Waals surface area contributed by atoms with Crippen LogP contribution < -0.4 is 20.3 Å². The van der Waals surface area contributed by atoms with E-state index in [1.807, 2.05) is 30.3 Å². The molecular weight excluding hydrogens is 398 g/mol. The molecule has 0 fully saturated rings. The first kappa shape index (κ1) is 18.3. The van der Waals surface area contributed by atoms with Gasteiger partial charge in [-0.25, -0.2) is 4.98 Å². The van der Waals surface area contributed by atoms with Crippen LogP contribution in [-0.4, -0.2) is 29.3 Å². The fourth-order valence-electron chi connectivity index (χ4n) is 2.44. The van der Waals surface area contributed by atoms with Crippen LogP contribution in [0.15, 0.2) is 52.9 Å². The second-order valence-corrected chi connectivity index (χ2v) is 7.97. The van der Waals surface area contributed by atoms with Crippen LogP contribution in [0.4, 0.5) is 0 Å². The van der Waals surface area contributed by atoms with Crippen molar-refractivity contribution in [3.63, 3.8) is 0 Å². The minimum absolute atomic E-state index is 0.159. The summed E-state index contributed by atoms with van der Waals surface area (Å²) >= 11 is 2.86. The molecule has 1 aliphatic rings. The number of fused-ring (bicyclic) bond motifs is 2. The van der Waals surface area contributed by atoms with Gasteiger partial charge >= 0.3 is 0 Å². The number of thioether (sulfide) groups is 1. The molecule has 3 aromatic rings. The number of hydrazine groups is 1. The number of nitrogens with one attached hydrogen (secondary N) is 2. The Hall–Kier alpha value is -3.04. The fourth-order valence-corrected chi connectivity index (χ4v) is 4.31. The molecule has 0 atom stereocenters. The summed E-state index contributed by atoms with van der Waals surface area (Å²) in [5.74, 6) is 0.735. The van der Waals surface area contributed by atoms with E-state index in [1.165, 1.54) is 29.2 Å². The van der Waals surface area contributed by atoms with E-state index in [9.17, 15) is 9.59 Å². The molecule has 2 heterocycles. The third kappa shape index (κ3) is 4.44. The molecule has 0 saturated heterocycles. The Labute approximate surface area is 168 Å². The standard InChI is InChI=1S/C19H15N3O4S2/c23-17(8-6-12-5-7-14-15(9-12)26-11-25-14)21-22-18(24)10-27-19-20-13-3-1-2-4-16(13)28-19/h1-9H,10-11H2,(H,21,23)(H,22,24). The summed E-state index contributed by atoms with van der Waals surface area (Å²) in [6.45, 7) is 0.198. The minimum Gasteiger partial charge on any atom is -0.454 e. The van der Waals surface area contributed by atoms with Gasteiger partial charge in [0.15, 0.2) is 15.8 Å². The van der Waals surface area contributed by atoms with Gasteiger partial charge in [0.25, 0.3) is 5.91 Å². The first-order valence-electron chi connectivity index (χ1n) is 8.32. The number of aromatic nitrogens is 1. The van der Waals surface area contributed by atoms with Crippen LogP contribution in [-0.2, 0) is 9.59 Å². The highest BCUT2D eigenvalue weighted by atomic mass is 32.2. The van der Waals surface area contributed by atoms with Gasteiger partial charge in [-0.2, -0.15) is 0 Å². The van der Waals surface area contributed by atoms with Crippen molar-refractivity contribution in [2.75, 3.05) is 12.5 Å². The zero-order chi connectivity index (χ0) is 19.3. The lowest BCUT2D eigenvalue weighted by molar-refractivity contribution is -0.125. The van der Waals surface area contributed by atoms with Crippen LogP contribution in [0, 0.1) is 0 Å². The van der Waals surface area contributed by atoms with Gasteiger partial charge in [0.1, 0.15) is 0 Å². The highest BCUT2D eigenvalue weighted by molar-refractivity contribution is 8.01. The van der Waals surface area contributed by atoms with Crippen LogP contribution in [0.1, 0.15) is 5.56 Å². The Morgan fingerprint density at radius 3 is 2.89 bits per heavy atom. The molecule has 0 saturated carbocycles. The second kappa shape index (κ2) is 8.32. The number of rotatable bonds is 5. The molecule has 4 rings (SSSR count). The van der Waals surface area contributed by atoms with Crippen molar-refractivity contribution in [1.29, 1.82) is 0 Å². The Balaban J connectivity index is 1.23. The first-order valence-corrected chi connectivity index (χ1v) is 10.1. The van der Waals surface area contributed by atoms with Crippen molar-refractivity contribution < 1.29 is 19.1 Å². The van der Waals surface area contributed by atoms with Gasteiger partial charge in [0.05, 0.1) is 16.0 Å². The third-order valence-corrected chi connectivity index (χ3v) is 5.93. The van der Waals surface area contributed by atoms with Gasteiger partial charge in [-0.1, -0.05) is 30.0 Å². The molecule has 9 heteroatoms. The van der Waals surface area contributed by atoms with Crippen molar-refractivity contribution in [2.45, 2.75) is 4.34 Å². The monoisotopic (exact) mass is 413 g/mol. The number of carbonyl (C=O) groups excluding carboxylic acids is 2. The van der Waals surface area contributed by atoms with Crippen LogP contribution >= 0.6 is 23.1 Å². The molecule has 0 bridgehead atoms. The summed E-state index contributed by atoms with van der Waals surface area (Å²) in [5, 5.41) is 0. The van der Waals surface area contributed by atoms with E-state index in [-0.39, 0.29) is 18.5 Å². The SMILES string of the molecule is O=C(C=Cc1ccc2c(c1)OCO2)NNC(=O)CSc1nc2ccccc2s1. The van der Waals surface area contributed by atoms with Gasteiger partial charge in [-0.05, 0) is 35.9 Å². The van der Waals surface area contributed by atoms with Crippen LogP contribution in [0.3, 0.4) is 0 Å². The third-order valence-electron chi connectivity index (χ3n) is 3.75. The summed E-state index contributed by atoms with van der Waals surface area (Å²) in [5.41, 5.74) is 6.45. The van der Waals surface area contributed by atoms with Crippen molar-refractivity contribution in [2.24, 2.45) is 0 Å². The molecule has 0 radical (unpaired) electrons. The van der Waals surface area contributed by atoms with Crippen molar-refractivity contribution >= 4 is 51.2 Å². The fraction of sp³-hybridized carbons (Fsp3) is 0.105. The summed E-state index contributed by atoms with van der Waals surface area (Å²) in [6.07, 6.45) is 2.96. The first-order chi connectivity index (χ1) is 13.7. The molecule has 2 aromatic carbocycles. The molecular formula is C19H15N3O4S2. The molecule has 7 nitrogen and oxygen atoms in total. The average Bonchev–Trinajstić information content (AvgIpc) is 3.34. The molecule has 2 N–H and O–H groups in total. The number of carbonyl (C=O) groups is 2. The van der Waals surface area contributed by atoms with Gasteiger partial charge < -0.3 is 9.47 Å². The number of ether oxygens (including phenoxy) is 2. The Kier molecular flexibility index (Phi) is 5.45. The molecule has 0 unspecified atom stereocenters. The van der Waals surface area contributed by atoms with E-state index >= 15 is 0 Å². The van der Waals surface area contributed by atoms with Crippen LogP contribution in [0.5, 0.6) is 11.5 Å². The number of thiazole rings is 1. The Morgan fingerprint density at radius 1 is 1.14 bits per heavy atom. The lowest BCUT2D eigenvalue weighted by Crippen LogP contribution is -2.41. The van der Waals surface area contributed by atoms with Gasteiger partial charge in [-0.3, -0.25) is 20.4 Å². The van der Waals surface area contributed by atoms with E-state index in [2.05, 4.69) is 15.8 Å². The summed E-state index contributed by atoms with van der Waals surface area (Å²) in [4.78, 5) is 28.2.